The monoisotopic (exact) mass is 323 g/mol. The summed E-state index contributed by atoms with van der Waals surface area (Å²) in [6, 6.07) is 12.3. The Labute approximate surface area is 140 Å². The fraction of sp³-hybridized carbons (Fsp3) is 0.150. The predicted octanol–water partition coefficient (Wildman–Crippen LogP) is 3.69. The van der Waals surface area contributed by atoms with E-state index < -0.39 is 5.82 Å². The van der Waals surface area contributed by atoms with E-state index in [1.165, 1.54) is 29.3 Å². The van der Waals surface area contributed by atoms with Gasteiger partial charge < -0.3 is 10.0 Å². The van der Waals surface area contributed by atoms with Crippen molar-refractivity contribution in [1.29, 1.82) is 0 Å². The average Bonchev–Trinajstić information content (AvgIpc) is 2.61. The Bertz CT molecular complexity index is 811. The quantitative estimate of drug-likeness (QED) is 0.691. The molecule has 2 aromatic rings. The first kappa shape index (κ1) is 16.0. The van der Waals surface area contributed by atoms with Crippen LogP contribution < -0.4 is 0 Å². The number of fused-ring (bicyclic) bond motifs is 1. The number of nitrogens with zero attached hydrogens (tertiary/aromatic N) is 1. The molecule has 1 heterocycles. The van der Waals surface area contributed by atoms with Crippen LogP contribution in [0.1, 0.15) is 16.7 Å². The van der Waals surface area contributed by atoms with Crippen LogP contribution in [0, 0.1) is 5.82 Å². The van der Waals surface area contributed by atoms with Crippen molar-refractivity contribution in [3.05, 3.63) is 83.2 Å². The number of hydrogen-bond donors (Lipinski definition) is 1. The lowest BCUT2D eigenvalue weighted by molar-refractivity contribution is -0.126. The molecule has 122 valence electrons. The Kier molecular flexibility index (Phi) is 4.75. The van der Waals surface area contributed by atoms with Crippen molar-refractivity contribution in [3.63, 3.8) is 0 Å². The number of rotatable bonds is 3. The first-order valence-electron chi connectivity index (χ1n) is 7.82. The summed E-state index contributed by atoms with van der Waals surface area (Å²) in [6.45, 7) is 1.35. The second-order valence-electron chi connectivity index (χ2n) is 5.71. The smallest absolute Gasteiger partial charge is 0.246 e. The molecule has 1 aliphatic heterocycles. The van der Waals surface area contributed by atoms with Crippen LogP contribution in [-0.2, 0) is 17.8 Å². The van der Waals surface area contributed by atoms with Crippen molar-refractivity contribution in [2.24, 2.45) is 0 Å². The summed E-state index contributed by atoms with van der Waals surface area (Å²) in [5, 5.41) is 9.14. The number of allylic oxidation sites excluding steroid dienone is 2. The first-order valence-corrected chi connectivity index (χ1v) is 7.82. The number of aromatic hydroxyl groups is 1. The van der Waals surface area contributed by atoms with Gasteiger partial charge in [-0.15, -0.1) is 0 Å². The highest BCUT2D eigenvalue weighted by molar-refractivity contribution is 5.88. The molecule has 0 spiro atoms. The van der Waals surface area contributed by atoms with Gasteiger partial charge in [0.25, 0.3) is 0 Å². The molecular weight excluding hydrogens is 305 g/mol. The zero-order valence-electron chi connectivity index (χ0n) is 13.2. The third kappa shape index (κ3) is 3.71. The molecule has 1 N–H and O–H groups in total. The summed E-state index contributed by atoms with van der Waals surface area (Å²) in [6.07, 6.45) is 7.40. The summed E-state index contributed by atoms with van der Waals surface area (Å²) in [4.78, 5) is 14.0. The summed E-state index contributed by atoms with van der Waals surface area (Å²) in [7, 11) is 0. The number of carbonyl (C=O) groups is 1. The predicted molar refractivity (Wildman–Crippen MR) is 91.8 cm³/mol. The minimum Gasteiger partial charge on any atom is -0.505 e. The highest BCUT2D eigenvalue weighted by Gasteiger charge is 2.18. The van der Waals surface area contributed by atoms with E-state index in [4.69, 9.17) is 5.11 Å². The average molecular weight is 323 g/mol. The molecule has 0 saturated heterocycles. The first-order chi connectivity index (χ1) is 11.6. The van der Waals surface area contributed by atoms with E-state index in [1.54, 1.807) is 24.3 Å². The number of benzene rings is 2. The number of phenols is 1. The molecule has 3 nitrogen and oxygen atoms in total. The summed E-state index contributed by atoms with van der Waals surface area (Å²) in [5.74, 6) is -1.07. The summed E-state index contributed by atoms with van der Waals surface area (Å²) >= 11 is 0. The molecular formula is C20H18FNO2. The molecule has 0 atom stereocenters. The molecule has 0 aliphatic carbocycles. The van der Waals surface area contributed by atoms with Gasteiger partial charge in [0.05, 0.1) is 0 Å². The van der Waals surface area contributed by atoms with Gasteiger partial charge in [-0.1, -0.05) is 48.6 Å². The van der Waals surface area contributed by atoms with Gasteiger partial charge in [-0.25, -0.2) is 4.39 Å². The Morgan fingerprint density at radius 2 is 1.92 bits per heavy atom. The van der Waals surface area contributed by atoms with Crippen LogP contribution in [0.25, 0.3) is 6.08 Å². The normalized spacial score (nSPS) is 14.3. The van der Waals surface area contributed by atoms with Gasteiger partial charge >= 0.3 is 0 Å². The Morgan fingerprint density at radius 1 is 1.12 bits per heavy atom. The zero-order valence-corrected chi connectivity index (χ0v) is 13.2. The van der Waals surface area contributed by atoms with Crippen LogP contribution in [0.2, 0.25) is 0 Å². The van der Waals surface area contributed by atoms with Gasteiger partial charge in [0.2, 0.25) is 5.91 Å². The molecule has 1 amide bonds. The number of carbonyl (C=O) groups excluding carboxylic acids is 1. The lowest BCUT2D eigenvalue weighted by atomic mass is 10.00. The zero-order chi connectivity index (χ0) is 16.9. The maximum atomic E-state index is 13.2. The van der Waals surface area contributed by atoms with Gasteiger partial charge in [-0.2, -0.15) is 0 Å². The van der Waals surface area contributed by atoms with Crippen molar-refractivity contribution in [3.8, 4) is 5.75 Å². The minimum atomic E-state index is -0.663. The molecule has 0 unspecified atom stereocenters. The van der Waals surface area contributed by atoms with E-state index in [9.17, 15) is 9.18 Å². The molecule has 24 heavy (non-hydrogen) atoms. The molecule has 0 fully saturated rings. The van der Waals surface area contributed by atoms with Gasteiger partial charge in [0, 0.05) is 19.2 Å². The number of halogens is 1. The number of amides is 1. The summed E-state index contributed by atoms with van der Waals surface area (Å²) < 4.78 is 13.2. The Morgan fingerprint density at radius 3 is 2.71 bits per heavy atom. The van der Waals surface area contributed by atoms with E-state index in [-0.39, 0.29) is 11.7 Å². The van der Waals surface area contributed by atoms with Gasteiger partial charge in [-0.05, 0) is 35.2 Å². The molecule has 1 aliphatic rings. The third-order valence-electron chi connectivity index (χ3n) is 4.05. The van der Waals surface area contributed by atoms with Crippen LogP contribution in [0.3, 0.4) is 0 Å². The van der Waals surface area contributed by atoms with Crippen LogP contribution in [0.5, 0.6) is 5.75 Å². The van der Waals surface area contributed by atoms with Crippen LogP contribution in [-0.4, -0.2) is 22.5 Å². The topological polar surface area (TPSA) is 40.5 Å². The van der Waals surface area contributed by atoms with Gasteiger partial charge in [0.1, 0.15) is 0 Å². The van der Waals surface area contributed by atoms with E-state index >= 15 is 0 Å². The van der Waals surface area contributed by atoms with E-state index in [0.717, 1.165) is 6.42 Å². The maximum Gasteiger partial charge on any atom is 0.246 e. The molecule has 0 aromatic heterocycles. The summed E-state index contributed by atoms with van der Waals surface area (Å²) in [5.41, 5.74) is 3.12. The third-order valence-corrected chi connectivity index (χ3v) is 4.05. The minimum absolute atomic E-state index is 0.0361. The van der Waals surface area contributed by atoms with Crippen molar-refractivity contribution in [2.75, 3.05) is 6.54 Å². The Hall–Kier alpha value is -2.88. The fourth-order valence-corrected chi connectivity index (χ4v) is 2.72. The van der Waals surface area contributed by atoms with Crippen molar-refractivity contribution < 1.29 is 14.3 Å². The van der Waals surface area contributed by atoms with Crippen molar-refractivity contribution in [1.82, 2.24) is 4.90 Å². The van der Waals surface area contributed by atoms with Crippen LogP contribution in [0.4, 0.5) is 4.39 Å². The van der Waals surface area contributed by atoms with E-state index in [0.29, 0.717) is 18.7 Å². The van der Waals surface area contributed by atoms with Crippen molar-refractivity contribution in [2.45, 2.75) is 13.0 Å². The maximum absolute atomic E-state index is 13.2. The number of phenolic OH excluding ortho intramolecular Hbond substituents is 1. The van der Waals surface area contributed by atoms with E-state index in [1.807, 2.05) is 17.0 Å². The highest BCUT2D eigenvalue weighted by atomic mass is 19.1. The molecule has 0 saturated carbocycles. The molecule has 2 aromatic carbocycles. The Balaban J connectivity index is 1.60. The van der Waals surface area contributed by atoms with Gasteiger partial charge in [-0.3, -0.25) is 4.79 Å². The number of hydrogen-bond acceptors (Lipinski definition) is 2. The van der Waals surface area contributed by atoms with Crippen molar-refractivity contribution >= 4 is 12.0 Å². The molecule has 3 rings (SSSR count). The second kappa shape index (κ2) is 7.13. The standard InChI is InChI=1S/C20H18FNO2/c21-18-13-15(9-10-19(18)23)5-1-4-8-20(24)22-12-11-16-6-2-3-7-17(16)14-22/h1-10,13,23H,11-12,14H2/b5-1+,8-4+. The van der Waals surface area contributed by atoms with Gasteiger partial charge in [0.15, 0.2) is 11.6 Å². The fourth-order valence-electron chi connectivity index (χ4n) is 2.72. The molecule has 0 bridgehead atoms. The van der Waals surface area contributed by atoms with E-state index in [2.05, 4.69) is 12.1 Å². The van der Waals surface area contributed by atoms with Crippen LogP contribution >= 0.6 is 0 Å². The SMILES string of the molecule is O=C(/C=C/C=C/c1ccc(O)c(F)c1)N1CCc2ccccc2C1. The molecule has 4 heteroatoms. The second-order valence-corrected chi connectivity index (χ2v) is 5.71. The molecule has 0 radical (unpaired) electrons. The largest absolute Gasteiger partial charge is 0.505 e. The lowest BCUT2D eigenvalue weighted by Crippen LogP contribution is -2.34. The van der Waals surface area contributed by atoms with Crippen LogP contribution in [0.15, 0.2) is 60.7 Å². The lowest BCUT2D eigenvalue weighted by Gasteiger charge is -2.27. The highest BCUT2D eigenvalue weighted by Crippen LogP contribution is 2.19.